The Kier molecular flexibility index (Phi) is 4.14. The number of ether oxygens (including phenoxy) is 1. The monoisotopic (exact) mass is 276 g/mol. The number of aromatic nitrogens is 2. The van der Waals surface area contributed by atoms with E-state index in [4.69, 9.17) is 4.74 Å². The molecule has 6 nitrogen and oxygen atoms in total. The minimum atomic E-state index is -0.973. The molecular weight excluding hydrogens is 260 g/mol. The predicted octanol–water partition coefficient (Wildman–Crippen LogP) is 1.23. The normalized spacial score (nSPS) is 12.5. The average Bonchev–Trinajstić information content (AvgIpc) is 2.46. The fourth-order valence-corrected chi connectivity index (χ4v) is 2.03. The Balaban J connectivity index is 2.69. The van der Waals surface area contributed by atoms with Gasteiger partial charge in [-0.25, -0.2) is 4.68 Å². The summed E-state index contributed by atoms with van der Waals surface area (Å²) >= 11 is 0. The van der Waals surface area contributed by atoms with Crippen LogP contribution in [0.2, 0.25) is 0 Å². The molecule has 20 heavy (non-hydrogen) atoms. The number of nitrogens with zero attached hydrogens (tertiary/aromatic N) is 2. The number of benzene rings is 1. The predicted molar refractivity (Wildman–Crippen MR) is 73.9 cm³/mol. The van der Waals surface area contributed by atoms with E-state index >= 15 is 0 Å². The first-order chi connectivity index (χ1) is 9.56. The molecule has 1 aromatic carbocycles. The van der Waals surface area contributed by atoms with E-state index < -0.39 is 11.9 Å². The van der Waals surface area contributed by atoms with E-state index in [1.54, 1.807) is 31.2 Å². The molecule has 1 N–H and O–H groups in total. The number of methoxy groups -OCH3 is 1. The smallest absolute Gasteiger partial charge is 0.312 e. The van der Waals surface area contributed by atoms with E-state index in [1.165, 1.54) is 11.8 Å². The van der Waals surface area contributed by atoms with Crippen molar-refractivity contribution in [3.8, 4) is 0 Å². The van der Waals surface area contributed by atoms with Gasteiger partial charge in [-0.15, -0.1) is 0 Å². The first-order valence-electron chi connectivity index (χ1n) is 6.27. The maximum absolute atomic E-state index is 12.3. The fourth-order valence-electron chi connectivity index (χ4n) is 2.03. The highest BCUT2D eigenvalue weighted by Gasteiger charge is 2.20. The van der Waals surface area contributed by atoms with Crippen molar-refractivity contribution in [1.29, 1.82) is 0 Å². The molecule has 0 aliphatic rings. The minimum Gasteiger partial charge on any atom is -0.481 e. The van der Waals surface area contributed by atoms with Crippen LogP contribution >= 0.6 is 0 Å². The minimum absolute atomic E-state index is 0.237. The van der Waals surface area contributed by atoms with Gasteiger partial charge in [-0.05, 0) is 13.0 Å². The molecule has 0 aliphatic heterocycles. The molecule has 1 heterocycles. The Morgan fingerprint density at radius 2 is 2.05 bits per heavy atom. The summed E-state index contributed by atoms with van der Waals surface area (Å²) in [5.74, 6) is -1.76. The van der Waals surface area contributed by atoms with Gasteiger partial charge in [-0.2, -0.15) is 5.10 Å². The first-order valence-corrected chi connectivity index (χ1v) is 6.27. The molecule has 0 unspecified atom stereocenters. The van der Waals surface area contributed by atoms with Crippen LogP contribution in [0.15, 0.2) is 29.1 Å². The van der Waals surface area contributed by atoms with Gasteiger partial charge in [0.15, 0.2) is 0 Å². The number of hydrogen-bond acceptors (Lipinski definition) is 4. The van der Waals surface area contributed by atoms with Gasteiger partial charge in [0.2, 0.25) is 0 Å². The van der Waals surface area contributed by atoms with Gasteiger partial charge in [0.25, 0.3) is 5.56 Å². The van der Waals surface area contributed by atoms with Gasteiger partial charge in [-0.3, -0.25) is 9.59 Å². The lowest BCUT2D eigenvalue weighted by atomic mass is 10.0. The lowest BCUT2D eigenvalue weighted by Crippen LogP contribution is -2.27. The maximum atomic E-state index is 12.3. The molecular formula is C14H16N2O4. The summed E-state index contributed by atoms with van der Waals surface area (Å²) in [4.78, 5) is 23.5. The van der Waals surface area contributed by atoms with E-state index in [0.29, 0.717) is 29.6 Å². The SMILES string of the molecule is COCCn1nc([C@@H](C)C(=O)O)c2ccccc2c1=O. The molecule has 0 aliphatic carbocycles. The summed E-state index contributed by atoms with van der Waals surface area (Å²) < 4.78 is 6.21. The Morgan fingerprint density at radius 1 is 1.40 bits per heavy atom. The molecule has 0 saturated heterocycles. The summed E-state index contributed by atoms with van der Waals surface area (Å²) in [6.45, 7) is 2.19. The van der Waals surface area contributed by atoms with Gasteiger partial charge in [-0.1, -0.05) is 18.2 Å². The van der Waals surface area contributed by atoms with Crippen molar-refractivity contribution >= 4 is 16.7 Å². The third-order valence-corrected chi connectivity index (χ3v) is 3.18. The molecule has 1 atom stereocenters. The molecule has 1 aromatic heterocycles. The van der Waals surface area contributed by atoms with Gasteiger partial charge in [0, 0.05) is 12.5 Å². The number of carboxylic acids is 1. The van der Waals surface area contributed by atoms with Crippen LogP contribution in [0.25, 0.3) is 10.8 Å². The average molecular weight is 276 g/mol. The summed E-state index contributed by atoms with van der Waals surface area (Å²) in [7, 11) is 1.53. The standard InChI is InChI=1S/C14H16N2O4/c1-9(14(18)19)12-10-5-3-4-6-11(10)13(17)16(15-12)7-8-20-2/h3-6,9H,7-8H2,1-2H3,(H,18,19)/t9-/m1/s1. The largest absolute Gasteiger partial charge is 0.481 e. The van der Waals surface area contributed by atoms with Crippen LogP contribution in [0, 0.1) is 0 Å². The zero-order valence-corrected chi connectivity index (χ0v) is 11.4. The van der Waals surface area contributed by atoms with Crippen molar-refractivity contribution in [3.05, 3.63) is 40.3 Å². The lowest BCUT2D eigenvalue weighted by Gasteiger charge is -2.13. The summed E-state index contributed by atoms with van der Waals surface area (Å²) in [6, 6.07) is 6.92. The zero-order chi connectivity index (χ0) is 14.7. The summed E-state index contributed by atoms with van der Waals surface area (Å²) in [5.41, 5.74) is 0.155. The molecule has 6 heteroatoms. The zero-order valence-electron chi connectivity index (χ0n) is 11.4. The van der Waals surface area contributed by atoms with Gasteiger partial charge >= 0.3 is 5.97 Å². The van der Waals surface area contributed by atoms with Crippen LogP contribution in [-0.2, 0) is 16.1 Å². The highest BCUT2D eigenvalue weighted by Crippen LogP contribution is 2.21. The van der Waals surface area contributed by atoms with Crippen molar-refractivity contribution in [2.75, 3.05) is 13.7 Å². The van der Waals surface area contributed by atoms with Crippen LogP contribution in [0.1, 0.15) is 18.5 Å². The number of hydrogen-bond donors (Lipinski definition) is 1. The lowest BCUT2D eigenvalue weighted by molar-refractivity contribution is -0.138. The molecule has 0 fully saturated rings. The third-order valence-electron chi connectivity index (χ3n) is 3.18. The first kappa shape index (κ1) is 14.2. The second-order valence-corrected chi connectivity index (χ2v) is 4.51. The van der Waals surface area contributed by atoms with Crippen LogP contribution in [0.4, 0.5) is 0 Å². The van der Waals surface area contributed by atoms with Crippen LogP contribution in [0.3, 0.4) is 0 Å². The van der Waals surface area contributed by atoms with Crippen molar-refractivity contribution in [2.24, 2.45) is 0 Å². The second kappa shape index (κ2) is 5.83. The van der Waals surface area contributed by atoms with Gasteiger partial charge < -0.3 is 9.84 Å². The van der Waals surface area contributed by atoms with E-state index in [-0.39, 0.29) is 5.56 Å². The Labute approximate surface area is 115 Å². The number of rotatable bonds is 5. The quantitative estimate of drug-likeness (QED) is 0.888. The van der Waals surface area contributed by atoms with E-state index in [0.717, 1.165) is 0 Å². The van der Waals surface area contributed by atoms with Crippen molar-refractivity contribution in [1.82, 2.24) is 9.78 Å². The van der Waals surface area contributed by atoms with Gasteiger partial charge in [0.1, 0.15) is 0 Å². The van der Waals surface area contributed by atoms with Crippen molar-refractivity contribution < 1.29 is 14.6 Å². The molecule has 2 aromatic rings. The van der Waals surface area contributed by atoms with Crippen LogP contribution in [0.5, 0.6) is 0 Å². The van der Waals surface area contributed by atoms with Crippen molar-refractivity contribution in [3.63, 3.8) is 0 Å². The molecule has 2 rings (SSSR count). The number of fused-ring (bicyclic) bond motifs is 1. The van der Waals surface area contributed by atoms with Crippen LogP contribution in [-0.4, -0.2) is 34.6 Å². The molecule has 0 radical (unpaired) electrons. The molecule has 0 bridgehead atoms. The fraction of sp³-hybridized carbons (Fsp3) is 0.357. The van der Waals surface area contributed by atoms with Gasteiger partial charge in [0.05, 0.1) is 30.1 Å². The number of aliphatic carboxylic acids is 1. The van der Waals surface area contributed by atoms with Crippen LogP contribution < -0.4 is 5.56 Å². The Hall–Kier alpha value is -2.21. The van der Waals surface area contributed by atoms with E-state index in [1.807, 2.05) is 0 Å². The molecule has 0 spiro atoms. The Bertz CT molecular complexity index is 693. The van der Waals surface area contributed by atoms with E-state index in [9.17, 15) is 14.7 Å². The second-order valence-electron chi connectivity index (χ2n) is 4.51. The van der Waals surface area contributed by atoms with E-state index in [2.05, 4.69) is 5.10 Å². The third kappa shape index (κ3) is 2.55. The number of carbonyl (C=O) groups is 1. The summed E-state index contributed by atoms with van der Waals surface area (Å²) in [5, 5.41) is 14.4. The maximum Gasteiger partial charge on any atom is 0.312 e. The topological polar surface area (TPSA) is 81.4 Å². The molecule has 106 valence electrons. The molecule has 0 saturated carbocycles. The highest BCUT2D eigenvalue weighted by molar-refractivity contribution is 5.88. The summed E-state index contributed by atoms with van der Waals surface area (Å²) in [6.07, 6.45) is 0. The highest BCUT2D eigenvalue weighted by atomic mass is 16.5. The number of carboxylic acid groups (broad SMARTS) is 1. The Morgan fingerprint density at radius 3 is 2.65 bits per heavy atom. The molecule has 0 amide bonds. The van der Waals surface area contributed by atoms with Crippen molar-refractivity contribution in [2.45, 2.75) is 19.4 Å².